The molecule has 18 heavy (non-hydrogen) atoms. The number of aromatic nitrogens is 3. The number of hydrogen-bond donors (Lipinski definition) is 1. The third-order valence-electron chi connectivity index (χ3n) is 2.47. The summed E-state index contributed by atoms with van der Waals surface area (Å²) in [7, 11) is 0. The molecule has 2 aromatic heterocycles. The molecule has 0 aliphatic heterocycles. The second kappa shape index (κ2) is 4.29. The Morgan fingerprint density at radius 3 is 2.56 bits per heavy atom. The fourth-order valence-electron chi connectivity index (χ4n) is 1.59. The van der Waals surface area contributed by atoms with E-state index in [0.717, 1.165) is 5.56 Å². The van der Waals surface area contributed by atoms with E-state index in [1.165, 1.54) is 0 Å². The monoisotopic (exact) mass is 239 g/mol. The number of phenolic OH excluding ortho intramolecular Hbond substituents is 1. The number of phenols is 1. The molecule has 0 saturated heterocycles. The van der Waals surface area contributed by atoms with Gasteiger partial charge in [-0.15, -0.1) is 10.2 Å². The third-order valence-corrected chi connectivity index (χ3v) is 2.47. The minimum absolute atomic E-state index is 0.110. The maximum atomic E-state index is 9.70. The molecule has 0 aliphatic carbocycles. The Bertz CT molecular complexity index is 665. The van der Waals surface area contributed by atoms with Crippen LogP contribution in [-0.2, 0) is 0 Å². The van der Waals surface area contributed by atoms with Gasteiger partial charge < -0.3 is 9.52 Å². The lowest BCUT2D eigenvalue weighted by Gasteiger charge is -1.97. The lowest BCUT2D eigenvalue weighted by molar-refractivity contribution is 0.473. The zero-order valence-corrected chi connectivity index (χ0v) is 9.32. The Hall–Kier alpha value is -2.69. The van der Waals surface area contributed by atoms with E-state index in [1.54, 1.807) is 42.7 Å². The molecule has 0 saturated carbocycles. The molecular formula is C13H9N3O2. The van der Waals surface area contributed by atoms with Gasteiger partial charge >= 0.3 is 0 Å². The van der Waals surface area contributed by atoms with E-state index in [0.29, 0.717) is 11.5 Å². The minimum atomic E-state index is 0.110. The molecule has 0 spiro atoms. The van der Waals surface area contributed by atoms with Gasteiger partial charge in [-0.2, -0.15) is 0 Å². The molecular weight excluding hydrogens is 230 g/mol. The fourth-order valence-corrected chi connectivity index (χ4v) is 1.59. The van der Waals surface area contributed by atoms with Crippen molar-refractivity contribution in [2.24, 2.45) is 0 Å². The zero-order valence-electron chi connectivity index (χ0n) is 9.32. The number of rotatable bonds is 2. The van der Waals surface area contributed by atoms with Crippen molar-refractivity contribution in [3.63, 3.8) is 0 Å². The van der Waals surface area contributed by atoms with Crippen LogP contribution in [0.15, 0.2) is 53.2 Å². The number of nitrogens with zero attached hydrogens (tertiary/aromatic N) is 3. The molecule has 0 fully saturated rings. The van der Waals surface area contributed by atoms with Crippen LogP contribution >= 0.6 is 0 Å². The van der Waals surface area contributed by atoms with Crippen molar-refractivity contribution in [3.05, 3.63) is 48.8 Å². The third kappa shape index (κ3) is 1.82. The summed E-state index contributed by atoms with van der Waals surface area (Å²) in [6.45, 7) is 0. The van der Waals surface area contributed by atoms with Gasteiger partial charge in [-0.1, -0.05) is 12.1 Å². The van der Waals surface area contributed by atoms with Gasteiger partial charge in [0.25, 0.3) is 5.89 Å². The van der Waals surface area contributed by atoms with Crippen molar-refractivity contribution in [1.82, 2.24) is 15.2 Å². The lowest BCUT2D eigenvalue weighted by atomic mass is 10.2. The molecule has 0 aliphatic rings. The summed E-state index contributed by atoms with van der Waals surface area (Å²) in [6, 6.07) is 10.4. The molecule has 88 valence electrons. The lowest BCUT2D eigenvalue weighted by Crippen LogP contribution is -1.78. The molecule has 0 amide bonds. The van der Waals surface area contributed by atoms with Crippen LogP contribution in [0.4, 0.5) is 0 Å². The maximum Gasteiger partial charge on any atom is 0.251 e. The van der Waals surface area contributed by atoms with Gasteiger partial charge in [0, 0.05) is 12.4 Å². The van der Waals surface area contributed by atoms with Gasteiger partial charge in [0.2, 0.25) is 5.89 Å². The molecule has 2 heterocycles. The number of para-hydroxylation sites is 1. The first-order valence-electron chi connectivity index (χ1n) is 5.37. The normalized spacial score (nSPS) is 10.4. The predicted octanol–water partition coefficient (Wildman–Crippen LogP) is 2.50. The fraction of sp³-hybridized carbons (Fsp3) is 0. The number of aromatic hydroxyl groups is 1. The van der Waals surface area contributed by atoms with Crippen LogP contribution in [0.5, 0.6) is 5.75 Å². The van der Waals surface area contributed by atoms with Gasteiger partial charge in [0.15, 0.2) is 0 Å². The molecule has 3 aromatic rings. The molecule has 1 N–H and O–H groups in total. The quantitative estimate of drug-likeness (QED) is 0.743. The number of hydrogen-bond acceptors (Lipinski definition) is 5. The largest absolute Gasteiger partial charge is 0.507 e. The van der Waals surface area contributed by atoms with E-state index in [-0.39, 0.29) is 11.6 Å². The summed E-state index contributed by atoms with van der Waals surface area (Å²) in [6.07, 6.45) is 3.31. The summed E-state index contributed by atoms with van der Waals surface area (Å²) in [4.78, 5) is 3.98. The van der Waals surface area contributed by atoms with Crippen LogP contribution < -0.4 is 0 Å². The average molecular weight is 239 g/mol. The van der Waals surface area contributed by atoms with Crippen LogP contribution in [0.2, 0.25) is 0 Å². The smallest absolute Gasteiger partial charge is 0.251 e. The highest BCUT2D eigenvalue weighted by atomic mass is 16.4. The van der Waals surface area contributed by atoms with Crippen LogP contribution in [0.25, 0.3) is 22.9 Å². The molecule has 5 nitrogen and oxygen atoms in total. The Balaban J connectivity index is 2.03. The van der Waals surface area contributed by atoms with Gasteiger partial charge in [0.05, 0.1) is 11.1 Å². The van der Waals surface area contributed by atoms with Crippen molar-refractivity contribution in [2.45, 2.75) is 0 Å². The average Bonchev–Trinajstić information content (AvgIpc) is 2.90. The van der Waals surface area contributed by atoms with E-state index in [2.05, 4.69) is 15.2 Å². The van der Waals surface area contributed by atoms with Gasteiger partial charge in [0.1, 0.15) is 5.75 Å². The molecule has 0 radical (unpaired) electrons. The molecule has 1 aromatic carbocycles. The van der Waals surface area contributed by atoms with E-state index >= 15 is 0 Å². The Kier molecular flexibility index (Phi) is 2.49. The van der Waals surface area contributed by atoms with Gasteiger partial charge in [-0.05, 0) is 24.3 Å². The maximum absolute atomic E-state index is 9.70. The zero-order chi connectivity index (χ0) is 12.4. The van der Waals surface area contributed by atoms with E-state index in [4.69, 9.17) is 4.42 Å². The molecule has 5 heteroatoms. The summed E-state index contributed by atoms with van der Waals surface area (Å²) in [5.74, 6) is 0.771. The van der Waals surface area contributed by atoms with E-state index in [1.807, 2.05) is 6.07 Å². The highest BCUT2D eigenvalue weighted by molar-refractivity contribution is 5.63. The van der Waals surface area contributed by atoms with Gasteiger partial charge in [-0.25, -0.2) is 0 Å². The highest BCUT2D eigenvalue weighted by Gasteiger charge is 2.12. The first kappa shape index (κ1) is 10.5. The number of pyridine rings is 1. The van der Waals surface area contributed by atoms with Crippen molar-refractivity contribution in [2.75, 3.05) is 0 Å². The molecule has 0 atom stereocenters. The number of benzene rings is 1. The summed E-state index contributed by atoms with van der Waals surface area (Å²) in [5.41, 5.74) is 1.26. The summed E-state index contributed by atoms with van der Waals surface area (Å²) >= 11 is 0. The van der Waals surface area contributed by atoms with Crippen LogP contribution in [0, 0.1) is 0 Å². The summed E-state index contributed by atoms with van der Waals surface area (Å²) in [5, 5.41) is 17.6. The molecule has 0 bridgehead atoms. The minimum Gasteiger partial charge on any atom is -0.507 e. The second-order valence-electron chi connectivity index (χ2n) is 3.67. The standard InChI is InChI=1S/C13H9N3O2/c17-11-6-2-1-5-10(11)13-16-15-12(18-13)9-4-3-7-14-8-9/h1-8,17H. The van der Waals surface area contributed by atoms with Crippen LogP contribution in [-0.4, -0.2) is 20.3 Å². The molecule has 3 rings (SSSR count). The van der Waals surface area contributed by atoms with E-state index in [9.17, 15) is 5.11 Å². The van der Waals surface area contributed by atoms with Crippen LogP contribution in [0.1, 0.15) is 0 Å². The van der Waals surface area contributed by atoms with Crippen molar-refractivity contribution >= 4 is 0 Å². The van der Waals surface area contributed by atoms with Gasteiger partial charge in [-0.3, -0.25) is 4.98 Å². The SMILES string of the molecule is Oc1ccccc1-c1nnc(-c2cccnc2)o1. The topological polar surface area (TPSA) is 72.0 Å². The Labute approximate surface area is 103 Å². The Morgan fingerprint density at radius 2 is 1.78 bits per heavy atom. The first-order chi connectivity index (χ1) is 8.84. The Morgan fingerprint density at radius 1 is 0.944 bits per heavy atom. The van der Waals surface area contributed by atoms with Crippen LogP contribution in [0.3, 0.4) is 0 Å². The molecule has 0 unspecified atom stereocenters. The first-order valence-corrected chi connectivity index (χ1v) is 5.37. The van der Waals surface area contributed by atoms with Crippen molar-refractivity contribution < 1.29 is 9.52 Å². The predicted molar refractivity (Wildman–Crippen MR) is 64.6 cm³/mol. The summed E-state index contributed by atoms with van der Waals surface area (Å²) < 4.78 is 5.51. The van der Waals surface area contributed by atoms with E-state index < -0.39 is 0 Å². The second-order valence-corrected chi connectivity index (χ2v) is 3.67. The van der Waals surface area contributed by atoms with Crippen molar-refractivity contribution in [3.8, 4) is 28.7 Å². The van der Waals surface area contributed by atoms with Crippen molar-refractivity contribution in [1.29, 1.82) is 0 Å². The highest BCUT2D eigenvalue weighted by Crippen LogP contribution is 2.29.